The van der Waals surface area contributed by atoms with E-state index in [9.17, 15) is 13.6 Å². The van der Waals surface area contributed by atoms with E-state index in [0.29, 0.717) is 19.6 Å². The van der Waals surface area contributed by atoms with Crippen molar-refractivity contribution in [1.82, 2.24) is 9.80 Å². The van der Waals surface area contributed by atoms with Gasteiger partial charge in [-0.3, -0.25) is 9.69 Å². The number of ether oxygens (including phenoxy) is 1. The average molecular weight is 344 g/mol. The largest absolute Gasteiger partial charge is 0.378 e. The fraction of sp³-hybridized carbons (Fsp3) is 0.688. The Morgan fingerprint density at radius 1 is 1.35 bits per heavy atom. The predicted molar refractivity (Wildman–Crippen MR) is 84.7 cm³/mol. The average Bonchev–Trinajstić information content (AvgIpc) is 3.02. The molecular formula is C16H22F2N2O2S. The zero-order valence-electron chi connectivity index (χ0n) is 13.0. The summed E-state index contributed by atoms with van der Waals surface area (Å²) in [4.78, 5) is 16.3. The van der Waals surface area contributed by atoms with Crippen LogP contribution in [0.4, 0.5) is 8.78 Å². The van der Waals surface area contributed by atoms with E-state index in [0.717, 1.165) is 13.1 Å². The molecule has 0 N–H and O–H groups in total. The van der Waals surface area contributed by atoms with Crippen LogP contribution >= 0.6 is 11.3 Å². The zero-order valence-corrected chi connectivity index (χ0v) is 13.9. The molecule has 0 saturated carbocycles. The molecule has 2 fully saturated rings. The van der Waals surface area contributed by atoms with E-state index < -0.39 is 5.92 Å². The van der Waals surface area contributed by atoms with Gasteiger partial charge in [0.25, 0.3) is 5.92 Å². The first kappa shape index (κ1) is 16.8. The molecule has 1 aromatic rings. The van der Waals surface area contributed by atoms with Crippen molar-refractivity contribution in [3.63, 3.8) is 0 Å². The van der Waals surface area contributed by atoms with E-state index in [1.54, 1.807) is 16.2 Å². The molecule has 128 valence electrons. The molecule has 0 spiro atoms. The van der Waals surface area contributed by atoms with Crippen LogP contribution in [0.25, 0.3) is 0 Å². The Morgan fingerprint density at radius 2 is 2.13 bits per heavy atom. The topological polar surface area (TPSA) is 32.8 Å². The summed E-state index contributed by atoms with van der Waals surface area (Å²) in [5.74, 6) is -2.65. The number of amides is 1. The molecule has 2 aliphatic rings. The fourth-order valence-corrected chi connectivity index (χ4v) is 3.78. The van der Waals surface area contributed by atoms with Gasteiger partial charge in [-0.05, 0) is 22.4 Å². The Hall–Kier alpha value is -1.05. The van der Waals surface area contributed by atoms with Crippen molar-refractivity contribution in [2.75, 3.05) is 32.8 Å². The number of hydrogen-bond acceptors (Lipinski definition) is 4. The third-order valence-corrected chi connectivity index (χ3v) is 5.31. The molecule has 4 nitrogen and oxygen atoms in total. The second-order valence-electron chi connectivity index (χ2n) is 6.27. The lowest BCUT2D eigenvalue weighted by Crippen LogP contribution is -2.49. The van der Waals surface area contributed by atoms with Crippen LogP contribution in [0.1, 0.15) is 24.8 Å². The number of likely N-dealkylation sites (tertiary alicyclic amines) is 1. The Kier molecular flexibility index (Phi) is 5.28. The molecule has 7 heteroatoms. The highest BCUT2D eigenvalue weighted by atomic mass is 32.1. The SMILES string of the molecule is O=C(CC1COCCN1Cc1ccsc1)N1CCC(F)(F)CC1. The number of halogens is 2. The molecule has 1 atom stereocenters. The molecule has 1 unspecified atom stereocenters. The second kappa shape index (κ2) is 7.23. The molecule has 0 aliphatic carbocycles. The van der Waals surface area contributed by atoms with E-state index in [-0.39, 0.29) is 37.9 Å². The summed E-state index contributed by atoms with van der Waals surface area (Å²) in [6.45, 7) is 3.12. The van der Waals surface area contributed by atoms with Crippen molar-refractivity contribution < 1.29 is 18.3 Å². The highest BCUT2D eigenvalue weighted by molar-refractivity contribution is 7.07. The van der Waals surface area contributed by atoms with Gasteiger partial charge in [0, 0.05) is 51.5 Å². The highest BCUT2D eigenvalue weighted by Crippen LogP contribution is 2.28. The second-order valence-corrected chi connectivity index (χ2v) is 7.05. The van der Waals surface area contributed by atoms with E-state index in [1.807, 2.05) is 5.38 Å². The number of thiophene rings is 1. The van der Waals surface area contributed by atoms with Crippen LogP contribution in [0.2, 0.25) is 0 Å². The van der Waals surface area contributed by atoms with Crippen molar-refractivity contribution in [2.45, 2.75) is 37.8 Å². The first-order chi connectivity index (χ1) is 11.0. The standard InChI is InChI=1S/C16H22F2N2O2S/c17-16(18)2-4-19(5-3-16)15(21)9-14-11-22-7-6-20(14)10-13-1-8-23-12-13/h1,8,12,14H,2-7,9-11H2. The lowest BCUT2D eigenvalue weighted by molar-refractivity contribution is -0.140. The highest BCUT2D eigenvalue weighted by Gasteiger charge is 2.36. The van der Waals surface area contributed by atoms with Crippen molar-refractivity contribution in [3.05, 3.63) is 22.4 Å². The van der Waals surface area contributed by atoms with Gasteiger partial charge in [-0.15, -0.1) is 0 Å². The van der Waals surface area contributed by atoms with Gasteiger partial charge in [-0.25, -0.2) is 8.78 Å². The minimum Gasteiger partial charge on any atom is -0.378 e. The first-order valence-electron chi connectivity index (χ1n) is 8.02. The van der Waals surface area contributed by atoms with Crippen molar-refractivity contribution in [2.24, 2.45) is 0 Å². The lowest BCUT2D eigenvalue weighted by atomic mass is 10.0. The number of alkyl halides is 2. The Balaban J connectivity index is 1.55. The smallest absolute Gasteiger partial charge is 0.251 e. The third-order valence-electron chi connectivity index (χ3n) is 4.57. The van der Waals surface area contributed by atoms with Crippen LogP contribution in [-0.4, -0.2) is 60.5 Å². The maximum atomic E-state index is 13.2. The van der Waals surface area contributed by atoms with Gasteiger partial charge in [0.15, 0.2) is 0 Å². The Labute approximate surface area is 139 Å². The van der Waals surface area contributed by atoms with Crippen LogP contribution in [-0.2, 0) is 16.1 Å². The summed E-state index contributed by atoms with van der Waals surface area (Å²) >= 11 is 1.66. The predicted octanol–water partition coefficient (Wildman–Crippen LogP) is 2.60. The molecular weight excluding hydrogens is 322 g/mol. The van der Waals surface area contributed by atoms with Crippen LogP contribution in [0.3, 0.4) is 0 Å². The maximum absolute atomic E-state index is 13.2. The molecule has 3 rings (SSSR count). The van der Waals surface area contributed by atoms with E-state index in [1.165, 1.54) is 5.56 Å². The molecule has 0 radical (unpaired) electrons. The number of carbonyl (C=O) groups is 1. The summed E-state index contributed by atoms with van der Waals surface area (Å²) in [5, 5.41) is 4.16. The van der Waals surface area contributed by atoms with Crippen LogP contribution in [0, 0.1) is 0 Å². The number of hydrogen-bond donors (Lipinski definition) is 0. The van der Waals surface area contributed by atoms with Gasteiger partial charge in [0.2, 0.25) is 5.91 Å². The van der Waals surface area contributed by atoms with Gasteiger partial charge in [0.1, 0.15) is 0 Å². The number of nitrogens with zero attached hydrogens (tertiary/aromatic N) is 2. The summed E-state index contributed by atoms with van der Waals surface area (Å²) in [5.41, 5.74) is 1.24. The minimum atomic E-state index is -2.62. The van der Waals surface area contributed by atoms with E-state index >= 15 is 0 Å². The molecule has 0 aromatic carbocycles. The normalized spacial score (nSPS) is 25.5. The fourth-order valence-electron chi connectivity index (χ4n) is 3.12. The number of morpholine rings is 1. The molecule has 2 saturated heterocycles. The number of carbonyl (C=O) groups excluding carboxylic acids is 1. The summed E-state index contributed by atoms with van der Waals surface area (Å²) in [7, 11) is 0. The zero-order chi connectivity index (χ0) is 16.3. The number of piperidine rings is 1. The quantitative estimate of drug-likeness (QED) is 0.842. The molecule has 0 bridgehead atoms. The van der Waals surface area contributed by atoms with Gasteiger partial charge < -0.3 is 9.64 Å². The monoisotopic (exact) mass is 344 g/mol. The third kappa shape index (κ3) is 4.49. The molecule has 1 aromatic heterocycles. The Morgan fingerprint density at radius 3 is 2.83 bits per heavy atom. The van der Waals surface area contributed by atoms with Crippen LogP contribution in [0.5, 0.6) is 0 Å². The Bertz CT molecular complexity index is 514. The molecule has 2 aliphatic heterocycles. The van der Waals surface area contributed by atoms with Crippen LogP contribution < -0.4 is 0 Å². The molecule has 1 amide bonds. The van der Waals surface area contributed by atoms with Gasteiger partial charge in [0.05, 0.1) is 13.2 Å². The number of rotatable bonds is 4. The van der Waals surface area contributed by atoms with Crippen LogP contribution in [0.15, 0.2) is 16.8 Å². The first-order valence-corrected chi connectivity index (χ1v) is 8.96. The summed E-state index contributed by atoms with van der Waals surface area (Å²) in [6, 6.07) is 2.12. The van der Waals surface area contributed by atoms with Crippen molar-refractivity contribution >= 4 is 17.2 Å². The van der Waals surface area contributed by atoms with E-state index in [4.69, 9.17) is 4.74 Å². The minimum absolute atomic E-state index is 0.0265. The van der Waals surface area contributed by atoms with Crippen molar-refractivity contribution in [1.29, 1.82) is 0 Å². The van der Waals surface area contributed by atoms with Gasteiger partial charge >= 0.3 is 0 Å². The lowest BCUT2D eigenvalue weighted by Gasteiger charge is -2.37. The summed E-state index contributed by atoms with van der Waals surface area (Å²) < 4.78 is 31.9. The molecule has 23 heavy (non-hydrogen) atoms. The van der Waals surface area contributed by atoms with Crippen molar-refractivity contribution in [3.8, 4) is 0 Å². The van der Waals surface area contributed by atoms with E-state index in [2.05, 4.69) is 16.3 Å². The van der Waals surface area contributed by atoms with Gasteiger partial charge in [-0.2, -0.15) is 11.3 Å². The van der Waals surface area contributed by atoms with Gasteiger partial charge in [-0.1, -0.05) is 0 Å². The maximum Gasteiger partial charge on any atom is 0.251 e. The summed E-state index contributed by atoms with van der Waals surface area (Å²) in [6.07, 6.45) is -0.104. The molecule has 3 heterocycles.